The van der Waals surface area contributed by atoms with E-state index in [0.29, 0.717) is 0 Å². The van der Waals surface area contributed by atoms with Crippen LogP contribution in [0.2, 0.25) is 0 Å². The molecule has 0 aliphatic carbocycles. The number of nitriles is 1. The van der Waals surface area contributed by atoms with Crippen LogP contribution in [0.1, 0.15) is 21.5 Å². The summed E-state index contributed by atoms with van der Waals surface area (Å²) in [5, 5.41) is 8.69. The van der Waals surface area contributed by atoms with Crippen LogP contribution in [-0.4, -0.2) is 20.2 Å². The predicted molar refractivity (Wildman–Crippen MR) is 54.1 cm³/mol. The first-order chi connectivity index (χ1) is 8.35. The highest BCUT2D eigenvalue weighted by atomic mass is 19.4. The minimum Gasteiger partial charge on any atom is -0.496 e. The third-order valence-corrected chi connectivity index (χ3v) is 2.14. The molecule has 0 saturated carbocycles. The second-order valence-corrected chi connectivity index (χ2v) is 3.20. The van der Waals surface area contributed by atoms with Gasteiger partial charge in [-0.2, -0.15) is 18.4 Å². The fourth-order valence-electron chi connectivity index (χ4n) is 1.40. The van der Waals surface area contributed by atoms with E-state index in [9.17, 15) is 18.0 Å². The molecule has 0 heterocycles. The van der Waals surface area contributed by atoms with Gasteiger partial charge in [0, 0.05) is 0 Å². The molecule has 0 radical (unpaired) electrons. The van der Waals surface area contributed by atoms with Crippen LogP contribution >= 0.6 is 0 Å². The molecule has 1 rings (SSSR count). The molecule has 0 saturated heterocycles. The molecule has 1 aromatic rings. The van der Waals surface area contributed by atoms with Gasteiger partial charge < -0.3 is 9.47 Å². The largest absolute Gasteiger partial charge is 0.496 e. The van der Waals surface area contributed by atoms with Crippen LogP contribution in [0.15, 0.2) is 12.1 Å². The summed E-state index contributed by atoms with van der Waals surface area (Å²) in [5.74, 6) is -1.78. The molecule has 0 unspecified atom stereocenters. The SMILES string of the molecule is COC(=O)c1cc(C#N)cc(OC)c1C(F)(F)F. The number of rotatable bonds is 2. The molecule has 1 aromatic carbocycles. The monoisotopic (exact) mass is 259 g/mol. The fraction of sp³-hybridized carbons (Fsp3) is 0.273. The lowest BCUT2D eigenvalue weighted by Gasteiger charge is -2.15. The van der Waals surface area contributed by atoms with Gasteiger partial charge in [0.05, 0.1) is 31.4 Å². The molecular weight excluding hydrogens is 251 g/mol. The molecule has 0 atom stereocenters. The summed E-state index contributed by atoms with van der Waals surface area (Å²) in [4.78, 5) is 11.3. The van der Waals surface area contributed by atoms with E-state index in [4.69, 9.17) is 5.26 Å². The van der Waals surface area contributed by atoms with Gasteiger partial charge in [0.15, 0.2) is 0 Å². The average molecular weight is 259 g/mol. The van der Waals surface area contributed by atoms with Crippen LogP contribution in [0.3, 0.4) is 0 Å². The molecule has 18 heavy (non-hydrogen) atoms. The van der Waals surface area contributed by atoms with Crippen LogP contribution in [0.4, 0.5) is 13.2 Å². The Labute approximate surface area is 101 Å². The van der Waals surface area contributed by atoms with Gasteiger partial charge in [-0.3, -0.25) is 0 Å². The number of ether oxygens (including phenoxy) is 2. The van der Waals surface area contributed by atoms with Crippen LogP contribution in [0, 0.1) is 11.3 Å². The van der Waals surface area contributed by atoms with Crippen molar-refractivity contribution in [2.24, 2.45) is 0 Å². The van der Waals surface area contributed by atoms with E-state index in [2.05, 4.69) is 9.47 Å². The van der Waals surface area contributed by atoms with Crippen LogP contribution in [0.5, 0.6) is 5.75 Å². The Balaban J connectivity index is 3.64. The van der Waals surface area contributed by atoms with E-state index in [1.807, 2.05) is 0 Å². The number of methoxy groups -OCH3 is 2. The Morgan fingerprint density at radius 1 is 1.33 bits per heavy atom. The van der Waals surface area contributed by atoms with E-state index in [1.165, 1.54) is 0 Å². The fourth-order valence-corrected chi connectivity index (χ4v) is 1.40. The van der Waals surface area contributed by atoms with Gasteiger partial charge in [-0.25, -0.2) is 4.79 Å². The molecule has 0 fully saturated rings. The minimum absolute atomic E-state index is 0.125. The van der Waals surface area contributed by atoms with Crippen molar-refractivity contribution >= 4 is 5.97 Å². The van der Waals surface area contributed by atoms with Crippen LogP contribution in [-0.2, 0) is 10.9 Å². The van der Waals surface area contributed by atoms with Crippen molar-refractivity contribution in [3.8, 4) is 11.8 Å². The van der Waals surface area contributed by atoms with Gasteiger partial charge >= 0.3 is 12.1 Å². The van der Waals surface area contributed by atoms with Crippen LogP contribution < -0.4 is 4.74 Å². The van der Waals surface area contributed by atoms with E-state index < -0.39 is 29.0 Å². The molecule has 0 N–H and O–H groups in total. The maximum absolute atomic E-state index is 12.9. The zero-order valence-electron chi connectivity index (χ0n) is 9.46. The van der Waals surface area contributed by atoms with Gasteiger partial charge in [0.25, 0.3) is 0 Å². The zero-order valence-corrected chi connectivity index (χ0v) is 9.46. The Bertz CT molecular complexity index is 517. The lowest BCUT2D eigenvalue weighted by atomic mass is 10.0. The summed E-state index contributed by atoms with van der Waals surface area (Å²) < 4.78 is 47.4. The number of hydrogen-bond donors (Lipinski definition) is 0. The van der Waals surface area contributed by atoms with E-state index in [1.54, 1.807) is 6.07 Å². The highest BCUT2D eigenvalue weighted by Crippen LogP contribution is 2.39. The Morgan fingerprint density at radius 2 is 1.94 bits per heavy atom. The third kappa shape index (κ3) is 2.53. The third-order valence-electron chi connectivity index (χ3n) is 2.14. The Kier molecular flexibility index (Phi) is 3.81. The topological polar surface area (TPSA) is 59.3 Å². The molecule has 0 aliphatic rings. The second kappa shape index (κ2) is 4.96. The maximum atomic E-state index is 12.9. The maximum Gasteiger partial charge on any atom is 0.420 e. The van der Waals surface area contributed by atoms with Crippen molar-refractivity contribution in [3.63, 3.8) is 0 Å². The van der Waals surface area contributed by atoms with Crippen molar-refractivity contribution in [1.29, 1.82) is 5.26 Å². The van der Waals surface area contributed by atoms with Gasteiger partial charge in [-0.1, -0.05) is 0 Å². The van der Waals surface area contributed by atoms with Crippen molar-refractivity contribution < 1.29 is 27.4 Å². The number of nitrogens with zero attached hydrogens (tertiary/aromatic N) is 1. The second-order valence-electron chi connectivity index (χ2n) is 3.20. The van der Waals surface area contributed by atoms with E-state index >= 15 is 0 Å². The number of esters is 1. The van der Waals surface area contributed by atoms with E-state index in [-0.39, 0.29) is 5.56 Å². The smallest absolute Gasteiger partial charge is 0.420 e. The molecular formula is C11H8F3NO3. The number of carbonyl (C=O) groups excluding carboxylic acids is 1. The number of hydrogen-bond acceptors (Lipinski definition) is 4. The average Bonchev–Trinajstić information content (AvgIpc) is 2.34. The lowest BCUT2D eigenvalue weighted by Crippen LogP contribution is -2.16. The quantitative estimate of drug-likeness (QED) is 0.765. The first kappa shape index (κ1) is 13.8. The molecule has 0 aromatic heterocycles. The first-order valence-electron chi connectivity index (χ1n) is 4.62. The number of carbonyl (C=O) groups is 1. The minimum atomic E-state index is -4.79. The normalized spacial score (nSPS) is 10.7. The summed E-state index contributed by atoms with van der Waals surface area (Å²) in [6.45, 7) is 0. The predicted octanol–water partition coefficient (Wildman–Crippen LogP) is 2.37. The van der Waals surface area contributed by atoms with Crippen molar-refractivity contribution in [2.45, 2.75) is 6.18 Å². The molecule has 0 aliphatic heterocycles. The van der Waals surface area contributed by atoms with Crippen molar-refractivity contribution in [1.82, 2.24) is 0 Å². The van der Waals surface area contributed by atoms with Gasteiger partial charge in [0.1, 0.15) is 11.3 Å². The number of alkyl halides is 3. The summed E-state index contributed by atoms with van der Waals surface area (Å²) in [7, 11) is 1.97. The van der Waals surface area contributed by atoms with Crippen LogP contribution in [0.25, 0.3) is 0 Å². The first-order valence-corrected chi connectivity index (χ1v) is 4.62. The van der Waals surface area contributed by atoms with Crippen molar-refractivity contribution in [2.75, 3.05) is 14.2 Å². The highest BCUT2D eigenvalue weighted by Gasteiger charge is 2.39. The summed E-state index contributed by atoms with van der Waals surface area (Å²) in [5.41, 5.74) is -2.13. The molecule has 0 spiro atoms. The summed E-state index contributed by atoms with van der Waals surface area (Å²) in [6.07, 6.45) is -4.79. The zero-order chi connectivity index (χ0) is 13.9. The van der Waals surface area contributed by atoms with Gasteiger partial charge in [-0.05, 0) is 12.1 Å². The molecule has 96 valence electrons. The number of benzene rings is 1. The number of halogens is 3. The Morgan fingerprint density at radius 3 is 2.33 bits per heavy atom. The summed E-state index contributed by atoms with van der Waals surface area (Å²) in [6, 6.07) is 3.37. The standard InChI is InChI=1S/C11H8F3NO3/c1-17-8-4-6(5-15)3-7(10(16)18-2)9(8)11(12,13)14/h3-4H,1-2H3. The molecule has 0 bridgehead atoms. The lowest BCUT2D eigenvalue weighted by molar-refractivity contribution is -0.139. The molecule has 7 heteroatoms. The van der Waals surface area contributed by atoms with E-state index in [0.717, 1.165) is 26.4 Å². The molecule has 0 amide bonds. The Hall–Kier alpha value is -2.23. The summed E-state index contributed by atoms with van der Waals surface area (Å²) >= 11 is 0. The molecule has 4 nitrogen and oxygen atoms in total. The van der Waals surface area contributed by atoms with Gasteiger partial charge in [-0.15, -0.1) is 0 Å². The van der Waals surface area contributed by atoms with Crippen molar-refractivity contribution in [3.05, 3.63) is 28.8 Å². The van der Waals surface area contributed by atoms with Gasteiger partial charge in [0.2, 0.25) is 0 Å². The highest BCUT2D eigenvalue weighted by molar-refractivity contribution is 5.92.